The molecule has 2 fully saturated rings. The minimum Gasteiger partial charge on any atom is -0.379 e. The Bertz CT molecular complexity index is 904. The number of allylic oxidation sites excluding steroid dienone is 2. The number of imide groups is 1. The summed E-state index contributed by atoms with van der Waals surface area (Å²) in [6.45, 7) is 9.27. The third-order valence-electron chi connectivity index (χ3n) is 7.73. The van der Waals surface area contributed by atoms with Crippen molar-refractivity contribution in [3.05, 3.63) is 12.2 Å². The number of hydrogen-bond acceptors (Lipinski definition) is 5. The van der Waals surface area contributed by atoms with Crippen LogP contribution in [-0.2, 0) is 23.9 Å². The SMILES string of the molecule is C#CCN(CCC(=O)NC(C)(C)CCOC(C)C)C(=O)CCCCCN1C(=O)[C@@H]2[C@H](C1=O)[C@H]1C=C[C@@H]2C1. The summed E-state index contributed by atoms with van der Waals surface area (Å²) in [5.74, 6) is 2.41. The molecule has 0 aromatic carbocycles. The van der Waals surface area contributed by atoms with Crippen LogP contribution < -0.4 is 5.32 Å². The maximum absolute atomic E-state index is 12.8. The monoisotopic (exact) mass is 513 g/mol. The van der Waals surface area contributed by atoms with E-state index >= 15 is 0 Å². The number of ether oxygens (including phenoxy) is 1. The average Bonchev–Trinajstić information content (AvgIpc) is 3.50. The highest BCUT2D eigenvalue weighted by atomic mass is 16.5. The molecular weight excluding hydrogens is 470 g/mol. The molecule has 1 saturated carbocycles. The number of carbonyl (C=O) groups is 4. The van der Waals surface area contributed by atoms with E-state index in [1.807, 2.05) is 27.7 Å². The first-order valence-corrected chi connectivity index (χ1v) is 13.7. The fourth-order valence-corrected chi connectivity index (χ4v) is 5.76. The van der Waals surface area contributed by atoms with Crippen LogP contribution in [0.1, 0.15) is 72.6 Å². The molecule has 1 aliphatic heterocycles. The second-order valence-electron chi connectivity index (χ2n) is 11.5. The molecule has 3 aliphatic rings. The molecule has 0 radical (unpaired) electrons. The number of fused-ring (bicyclic) bond motifs is 5. The summed E-state index contributed by atoms with van der Waals surface area (Å²) in [4.78, 5) is 53.7. The zero-order valence-corrected chi connectivity index (χ0v) is 22.8. The van der Waals surface area contributed by atoms with Crippen molar-refractivity contribution in [3.8, 4) is 12.3 Å². The van der Waals surface area contributed by atoms with Gasteiger partial charge in [0.2, 0.25) is 23.6 Å². The molecule has 1 heterocycles. The summed E-state index contributed by atoms with van der Waals surface area (Å²) in [6.07, 6.45) is 14.0. The van der Waals surface area contributed by atoms with Gasteiger partial charge in [-0.3, -0.25) is 24.1 Å². The molecule has 4 amide bonds. The predicted molar refractivity (Wildman–Crippen MR) is 141 cm³/mol. The molecule has 204 valence electrons. The third kappa shape index (κ3) is 7.44. The van der Waals surface area contributed by atoms with Gasteiger partial charge >= 0.3 is 0 Å². The molecule has 37 heavy (non-hydrogen) atoms. The lowest BCUT2D eigenvalue weighted by Gasteiger charge is -2.27. The van der Waals surface area contributed by atoms with Crippen LogP contribution in [0, 0.1) is 36.0 Å². The van der Waals surface area contributed by atoms with Crippen molar-refractivity contribution < 1.29 is 23.9 Å². The van der Waals surface area contributed by atoms with Crippen LogP contribution in [0.4, 0.5) is 0 Å². The van der Waals surface area contributed by atoms with Crippen molar-refractivity contribution >= 4 is 23.6 Å². The maximum Gasteiger partial charge on any atom is 0.233 e. The summed E-state index contributed by atoms with van der Waals surface area (Å²) in [7, 11) is 0. The quantitative estimate of drug-likeness (QED) is 0.157. The molecule has 2 bridgehead atoms. The highest BCUT2D eigenvalue weighted by molar-refractivity contribution is 6.06. The largest absolute Gasteiger partial charge is 0.379 e. The molecule has 1 saturated heterocycles. The molecule has 4 atom stereocenters. The zero-order valence-electron chi connectivity index (χ0n) is 22.8. The van der Waals surface area contributed by atoms with Crippen LogP contribution in [0.5, 0.6) is 0 Å². The molecule has 0 unspecified atom stereocenters. The Hall–Kier alpha value is -2.66. The van der Waals surface area contributed by atoms with Gasteiger partial charge in [-0.15, -0.1) is 6.42 Å². The van der Waals surface area contributed by atoms with Crippen LogP contribution in [0.3, 0.4) is 0 Å². The number of nitrogens with zero attached hydrogens (tertiary/aromatic N) is 2. The van der Waals surface area contributed by atoms with E-state index in [1.54, 1.807) is 4.90 Å². The third-order valence-corrected chi connectivity index (χ3v) is 7.73. The fraction of sp³-hybridized carbons (Fsp3) is 0.724. The fourth-order valence-electron chi connectivity index (χ4n) is 5.76. The van der Waals surface area contributed by atoms with Gasteiger partial charge < -0.3 is 15.0 Å². The topological polar surface area (TPSA) is 96.0 Å². The Morgan fingerprint density at radius 1 is 1.14 bits per heavy atom. The lowest BCUT2D eigenvalue weighted by atomic mass is 9.85. The highest BCUT2D eigenvalue weighted by Gasteiger charge is 2.58. The molecule has 0 aromatic heterocycles. The van der Waals surface area contributed by atoms with E-state index in [2.05, 4.69) is 23.4 Å². The Balaban J connectivity index is 1.34. The summed E-state index contributed by atoms with van der Waals surface area (Å²) >= 11 is 0. The molecule has 1 N–H and O–H groups in total. The highest BCUT2D eigenvalue weighted by Crippen LogP contribution is 2.52. The molecule has 0 aromatic rings. The number of amides is 4. The minimum absolute atomic E-state index is 0.0166. The molecule has 3 rings (SSSR count). The Kier molecular flexibility index (Phi) is 9.94. The average molecular weight is 514 g/mol. The second kappa shape index (κ2) is 12.7. The van der Waals surface area contributed by atoms with E-state index < -0.39 is 5.54 Å². The summed E-state index contributed by atoms with van der Waals surface area (Å²) in [5, 5.41) is 3.01. The lowest BCUT2D eigenvalue weighted by Crippen LogP contribution is -2.45. The first-order chi connectivity index (χ1) is 17.5. The van der Waals surface area contributed by atoms with E-state index in [9.17, 15) is 19.2 Å². The number of hydrogen-bond donors (Lipinski definition) is 1. The van der Waals surface area contributed by atoms with Gasteiger partial charge in [-0.1, -0.05) is 24.5 Å². The van der Waals surface area contributed by atoms with Gasteiger partial charge in [0.1, 0.15) is 0 Å². The molecule has 0 spiro atoms. The molecule has 8 nitrogen and oxygen atoms in total. The van der Waals surface area contributed by atoms with Crippen LogP contribution in [0.2, 0.25) is 0 Å². The van der Waals surface area contributed by atoms with E-state index in [-0.39, 0.29) is 72.9 Å². The Labute approximate surface area is 221 Å². The van der Waals surface area contributed by atoms with E-state index in [4.69, 9.17) is 11.2 Å². The standard InChI is InChI=1S/C29H43N3O5/c1-6-15-31(17-13-23(33)30-29(4,5)14-18-37-20(2)3)24(34)10-8-7-9-16-32-27(35)25-21-11-12-22(19-21)26(25)28(32)36/h1,11-12,20-22,25-26H,7-10,13-19H2,2-5H3,(H,30,33)/t21-,22+,25+,26-. The van der Waals surface area contributed by atoms with E-state index in [0.717, 1.165) is 12.8 Å². The first kappa shape index (κ1) is 28.9. The maximum atomic E-state index is 12.8. The van der Waals surface area contributed by atoms with Gasteiger partial charge in [0.25, 0.3) is 0 Å². The van der Waals surface area contributed by atoms with Gasteiger partial charge in [0.05, 0.1) is 24.5 Å². The van der Waals surface area contributed by atoms with Crippen molar-refractivity contribution in [2.24, 2.45) is 23.7 Å². The van der Waals surface area contributed by atoms with Gasteiger partial charge in [-0.05, 0) is 65.2 Å². The Morgan fingerprint density at radius 2 is 1.78 bits per heavy atom. The van der Waals surface area contributed by atoms with Crippen LogP contribution >= 0.6 is 0 Å². The number of nitrogens with one attached hydrogen (secondary N) is 1. The van der Waals surface area contributed by atoms with Gasteiger partial charge in [0, 0.05) is 38.1 Å². The van der Waals surface area contributed by atoms with Gasteiger partial charge in [-0.2, -0.15) is 0 Å². The first-order valence-electron chi connectivity index (χ1n) is 13.7. The lowest BCUT2D eigenvalue weighted by molar-refractivity contribution is -0.141. The van der Waals surface area contributed by atoms with Crippen molar-refractivity contribution in [1.82, 2.24) is 15.1 Å². The van der Waals surface area contributed by atoms with E-state index in [0.29, 0.717) is 38.8 Å². The van der Waals surface area contributed by atoms with Crippen LogP contribution in [-0.4, -0.2) is 71.3 Å². The predicted octanol–water partition coefficient (Wildman–Crippen LogP) is 2.92. The number of terminal acetylenes is 1. The number of rotatable bonds is 15. The van der Waals surface area contributed by atoms with E-state index in [1.165, 1.54) is 4.90 Å². The van der Waals surface area contributed by atoms with Gasteiger partial charge in [-0.25, -0.2) is 0 Å². The zero-order chi connectivity index (χ0) is 27.2. The van der Waals surface area contributed by atoms with Crippen molar-refractivity contribution in [2.75, 3.05) is 26.2 Å². The van der Waals surface area contributed by atoms with Crippen LogP contribution in [0.15, 0.2) is 12.2 Å². The van der Waals surface area contributed by atoms with Crippen molar-refractivity contribution in [2.45, 2.75) is 84.3 Å². The smallest absolute Gasteiger partial charge is 0.233 e. The normalized spacial score (nSPS) is 24.1. The molecule has 2 aliphatic carbocycles. The van der Waals surface area contributed by atoms with Crippen LogP contribution in [0.25, 0.3) is 0 Å². The van der Waals surface area contributed by atoms with Crippen molar-refractivity contribution in [1.29, 1.82) is 0 Å². The van der Waals surface area contributed by atoms with Gasteiger partial charge in [0.15, 0.2) is 0 Å². The van der Waals surface area contributed by atoms with Crippen molar-refractivity contribution in [3.63, 3.8) is 0 Å². The summed E-state index contributed by atoms with van der Waals surface area (Å²) in [6, 6.07) is 0. The molecular formula is C29H43N3O5. The second-order valence-corrected chi connectivity index (χ2v) is 11.5. The minimum atomic E-state index is -0.403. The number of unbranched alkanes of at least 4 members (excludes halogenated alkanes) is 2. The summed E-state index contributed by atoms with van der Waals surface area (Å²) in [5.41, 5.74) is -0.403. The summed E-state index contributed by atoms with van der Waals surface area (Å²) < 4.78 is 5.58. The number of carbonyl (C=O) groups excluding carboxylic acids is 4. The number of likely N-dealkylation sites (tertiary alicyclic amines) is 1. The molecule has 8 heteroatoms. The Morgan fingerprint density at radius 3 is 2.38 bits per heavy atom.